The summed E-state index contributed by atoms with van der Waals surface area (Å²) in [6.07, 6.45) is 2.67. The number of aromatic nitrogens is 2. The highest BCUT2D eigenvalue weighted by Gasteiger charge is 2.04. The van der Waals surface area contributed by atoms with E-state index in [0.717, 1.165) is 29.6 Å². The smallest absolute Gasteiger partial charge is 0.315 e. The number of fused-ring (bicyclic) bond motifs is 1. The number of rotatable bonds is 6. The monoisotopic (exact) mass is 342 g/mol. The zero-order valence-corrected chi connectivity index (χ0v) is 14.0. The minimum absolute atomic E-state index is 0.189. The lowest BCUT2D eigenvalue weighted by Crippen LogP contribution is -2.35. The molecule has 2 amide bonds. The van der Waals surface area contributed by atoms with Crippen LogP contribution in [0.25, 0.3) is 11.0 Å². The summed E-state index contributed by atoms with van der Waals surface area (Å²) in [5, 5.41) is 6.32. The molecule has 6 heteroatoms. The number of nitrogens with zero attached hydrogens (tertiary/aromatic N) is 2. The Hall–Kier alpha value is -2.53. The molecule has 0 aliphatic rings. The van der Waals surface area contributed by atoms with Crippen LogP contribution in [-0.4, -0.2) is 22.1 Å². The van der Waals surface area contributed by atoms with Crippen LogP contribution in [0.4, 0.5) is 4.79 Å². The van der Waals surface area contributed by atoms with Crippen molar-refractivity contribution in [1.82, 2.24) is 20.2 Å². The Bertz CT molecular complexity index is 831. The van der Waals surface area contributed by atoms with Crippen molar-refractivity contribution < 1.29 is 4.79 Å². The maximum atomic E-state index is 11.8. The predicted molar refractivity (Wildman–Crippen MR) is 96.0 cm³/mol. The van der Waals surface area contributed by atoms with Crippen molar-refractivity contribution in [3.8, 4) is 0 Å². The first-order valence-electron chi connectivity index (χ1n) is 7.89. The van der Waals surface area contributed by atoms with Gasteiger partial charge in [-0.2, -0.15) is 0 Å². The largest absolute Gasteiger partial charge is 0.338 e. The number of carbonyl (C=O) groups is 1. The maximum absolute atomic E-state index is 11.8. The van der Waals surface area contributed by atoms with Gasteiger partial charge in [-0.05, 0) is 30.2 Å². The molecule has 2 N–H and O–H groups in total. The molecule has 3 aromatic rings. The molecule has 3 rings (SSSR count). The molecule has 24 heavy (non-hydrogen) atoms. The minimum atomic E-state index is -0.189. The number of benzene rings is 2. The van der Waals surface area contributed by atoms with E-state index in [1.165, 1.54) is 0 Å². The Balaban J connectivity index is 1.40. The van der Waals surface area contributed by atoms with E-state index in [-0.39, 0.29) is 6.03 Å². The molecule has 0 aliphatic carbocycles. The van der Waals surface area contributed by atoms with Crippen molar-refractivity contribution in [3.05, 3.63) is 65.4 Å². The highest BCUT2D eigenvalue weighted by molar-refractivity contribution is 6.31. The molecule has 1 aromatic heterocycles. The lowest BCUT2D eigenvalue weighted by Gasteiger charge is -2.09. The molecule has 0 bridgehead atoms. The summed E-state index contributed by atoms with van der Waals surface area (Å²) in [5.41, 5.74) is 3.00. The zero-order chi connectivity index (χ0) is 16.8. The van der Waals surface area contributed by atoms with E-state index < -0.39 is 0 Å². The second kappa shape index (κ2) is 7.84. The van der Waals surface area contributed by atoms with Gasteiger partial charge in [0.1, 0.15) is 0 Å². The third kappa shape index (κ3) is 4.06. The Morgan fingerprint density at radius 2 is 1.88 bits per heavy atom. The molecule has 0 aliphatic heterocycles. The molecule has 0 saturated carbocycles. The summed E-state index contributed by atoms with van der Waals surface area (Å²) in [6.45, 7) is 1.82. The lowest BCUT2D eigenvalue weighted by molar-refractivity contribution is 0.240. The molecule has 0 radical (unpaired) electrons. The van der Waals surface area contributed by atoms with Gasteiger partial charge in [0.2, 0.25) is 0 Å². The van der Waals surface area contributed by atoms with Crippen molar-refractivity contribution in [1.29, 1.82) is 0 Å². The predicted octanol–water partition coefficient (Wildman–Crippen LogP) is 3.58. The number of halogens is 1. The quantitative estimate of drug-likeness (QED) is 0.673. The van der Waals surface area contributed by atoms with Crippen LogP contribution < -0.4 is 10.6 Å². The first kappa shape index (κ1) is 16.3. The third-order valence-electron chi connectivity index (χ3n) is 3.79. The van der Waals surface area contributed by atoms with Gasteiger partial charge in [-0.15, -0.1) is 0 Å². The Morgan fingerprint density at radius 3 is 2.75 bits per heavy atom. The second-order valence-electron chi connectivity index (χ2n) is 5.48. The van der Waals surface area contributed by atoms with Gasteiger partial charge in [-0.1, -0.05) is 41.9 Å². The molecule has 0 fully saturated rings. The molecular weight excluding hydrogens is 324 g/mol. The number of hydrogen-bond donors (Lipinski definition) is 2. The van der Waals surface area contributed by atoms with Gasteiger partial charge in [0.05, 0.1) is 17.4 Å². The molecule has 0 atom stereocenters. The Morgan fingerprint density at radius 1 is 1.08 bits per heavy atom. The molecule has 0 saturated heterocycles. The highest BCUT2D eigenvalue weighted by atomic mass is 35.5. The third-order valence-corrected chi connectivity index (χ3v) is 4.15. The number of para-hydroxylation sites is 2. The molecule has 1 heterocycles. The minimum Gasteiger partial charge on any atom is -0.338 e. The zero-order valence-electron chi connectivity index (χ0n) is 13.2. The van der Waals surface area contributed by atoms with E-state index in [2.05, 4.69) is 20.2 Å². The molecule has 0 unspecified atom stereocenters. The molecule has 5 nitrogen and oxygen atoms in total. The molecular formula is C18H19ClN4O. The first-order chi connectivity index (χ1) is 11.7. The number of aryl methyl sites for hydroxylation is 1. The van der Waals surface area contributed by atoms with Crippen molar-refractivity contribution in [3.63, 3.8) is 0 Å². The maximum Gasteiger partial charge on any atom is 0.315 e. The fourth-order valence-electron chi connectivity index (χ4n) is 2.52. The molecule has 124 valence electrons. The van der Waals surface area contributed by atoms with Crippen molar-refractivity contribution in [2.24, 2.45) is 0 Å². The number of nitrogens with one attached hydrogen (secondary N) is 2. The molecule has 0 spiro atoms. The summed E-state index contributed by atoms with van der Waals surface area (Å²) in [4.78, 5) is 16.2. The average Bonchev–Trinajstić information content (AvgIpc) is 3.01. The number of urea groups is 1. The fraction of sp³-hybridized carbons (Fsp3) is 0.222. The van der Waals surface area contributed by atoms with Gasteiger partial charge in [0.15, 0.2) is 0 Å². The summed E-state index contributed by atoms with van der Waals surface area (Å²) in [5.74, 6) is 0. The van der Waals surface area contributed by atoms with E-state index in [1.807, 2.05) is 54.9 Å². The summed E-state index contributed by atoms with van der Waals surface area (Å²) in [7, 11) is 0. The van der Waals surface area contributed by atoms with E-state index in [0.29, 0.717) is 18.1 Å². The van der Waals surface area contributed by atoms with Crippen LogP contribution in [-0.2, 0) is 13.1 Å². The summed E-state index contributed by atoms with van der Waals surface area (Å²) < 4.78 is 2.10. The standard InChI is InChI=1S/C18H19ClN4O/c19-15-7-2-1-6-14(15)12-21-18(24)20-10-5-11-23-13-22-16-8-3-4-9-17(16)23/h1-4,6-9,13H,5,10-12H2,(H2,20,21,24). The highest BCUT2D eigenvalue weighted by Crippen LogP contribution is 2.14. The van der Waals surface area contributed by atoms with Crippen LogP contribution >= 0.6 is 11.6 Å². The van der Waals surface area contributed by atoms with Gasteiger partial charge >= 0.3 is 6.03 Å². The summed E-state index contributed by atoms with van der Waals surface area (Å²) in [6, 6.07) is 15.3. The van der Waals surface area contributed by atoms with Crippen LogP contribution in [0, 0.1) is 0 Å². The average molecular weight is 343 g/mol. The van der Waals surface area contributed by atoms with Crippen molar-refractivity contribution in [2.75, 3.05) is 6.54 Å². The van der Waals surface area contributed by atoms with Crippen LogP contribution in [0.3, 0.4) is 0 Å². The fourth-order valence-corrected chi connectivity index (χ4v) is 2.72. The number of carbonyl (C=O) groups excluding carboxylic acids is 1. The number of hydrogen-bond acceptors (Lipinski definition) is 2. The second-order valence-corrected chi connectivity index (χ2v) is 5.89. The van der Waals surface area contributed by atoms with Crippen LogP contribution in [0.5, 0.6) is 0 Å². The first-order valence-corrected chi connectivity index (χ1v) is 8.27. The molecule has 2 aromatic carbocycles. The van der Waals surface area contributed by atoms with Crippen LogP contribution in [0.1, 0.15) is 12.0 Å². The Kier molecular flexibility index (Phi) is 5.33. The normalized spacial score (nSPS) is 10.7. The van der Waals surface area contributed by atoms with Crippen LogP contribution in [0.2, 0.25) is 5.02 Å². The van der Waals surface area contributed by atoms with Crippen molar-refractivity contribution >= 4 is 28.7 Å². The number of amides is 2. The van der Waals surface area contributed by atoms with Gasteiger partial charge < -0.3 is 15.2 Å². The lowest BCUT2D eigenvalue weighted by atomic mass is 10.2. The van der Waals surface area contributed by atoms with E-state index in [1.54, 1.807) is 0 Å². The van der Waals surface area contributed by atoms with E-state index >= 15 is 0 Å². The Labute approximate surface area is 145 Å². The van der Waals surface area contributed by atoms with Crippen molar-refractivity contribution in [2.45, 2.75) is 19.5 Å². The van der Waals surface area contributed by atoms with Crippen LogP contribution in [0.15, 0.2) is 54.9 Å². The van der Waals surface area contributed by atoms with Gasteiger partial charge in [0.25, 0.3) is 0 Å². The topological polar surface area (TPSA) is 59.0 Å². The SMILES string of the molecule is O=C(NCCCn1cnc2ccccc21)NCc1ccccc1Cl. The van der Waals surface area contributed by atoms with Gasteiger partial charge in [-0.25, -0.2) is 9.78 Å². The number of imidazole rings is 1. The van der Waals surface area contributed by atoms with E-state index in [4.69, 9.17) is 11.6 Å². The van der Waals surface area contributed by atoms with Gasteiger partial charge in [-0.3, -0.25) is 0 Å². The summed E-state index contributed by atoms with van der Waals surface area (Å²) >= 11 is 6.06. The van der Waals surface area contributed by atoms with Gasteiger partial charge in [0, 0.05) is 24.7 Å². The van der Waals surface area contributed by atoms with E-state index in [9.17, 15) is 4.79 Å².